The normalized spacial score (nSPS) is 11.2. The van der Waals surface area contributed by atoms with Gasteiger partial charge in [0.05, 0.1) is 4.92 Å². The molecule has 0 saturated heterocycles. The molecular weight excluding hydrogens is 451 g/mol. The van der Waals surface area contributed by atoms with Crippen LogP contribution in [-0.4, -0.2) is 28.5 Å². The van der Waals surface area contributed by atoms with Crippen LogP contribution in [0.5, 0.6) is 0 Å². The number of hydrogen-bond acceptors (Lipinski definition) is 4. The minimum absolute atomic E-state index is 0.0669. The Morgan fingerprint density at radius 2 is 1.66 bits per heavy atom. The van der Waals surface area contributed by atoms with Crippen LogP contribution in [0, 0.1) is 15.9 Å². The number of halogens is 1. The molecule has 0 saturated carbocycles. The first-order valence-corrected chi connectivity index (χ1v) is 11.1. The van der Waals surface area contributed by atoms with Crippen LogP contribution in [0.3, 0.4) is 0 Å². The van der Waals surface area contributed by atoms with E-state index >= 15 is 0 Å². The Kier molecular flexibility index (Phi) is 8.83. The van der Waals surface area contributed by atoms with E-state index in [1.165, 1.54) is 36.4 Å². The number of nitro groups is 1. The number of nitrogens with one attached hydrogen (secondary N) is 1. The summed E-state index contributed by atoms with van der Waals surface area (Å²) >= 11 is 0. The number of carboxylic acids is 1. The summed E-state index contributed by atoms with van der Waals surface area (Å²) in [6.07, 6.45) is 3.61. The maximum absolute atomic E-state index is 13.8. The molecule has 7 nitrogen and oxygen atoms in total. The molecule has 0 fully saturated rings. The molecule has 0 bridgehead atoms. The number of unbranched alkanes of at least 4 members (excludes halogenated alkanes) is 1. The molecule has 0 spiro atoms. The lowest BCUT2D eigenvalue weighted by Crippen LogP contribution is -2.25. The maximum atomic E-state index is 13.8. The Morgan fingerprint density at radius 1 is 0.971 bits per heavy atom. The molecule has 0 unspecified atom stereocenters. The number of allylic oxidation sites excluding steroid dienone is 1. The summed E-state index contributed by atoms with van der Waals surface area (Å²) < 4.78 is 13.8. The standard InChI is InChI=1S/C27H25FN2O5/c28-23-5-3-4-22(18-23)25(6-1-2-7-26(31)32)20-10-8-19(9-11-20)16-17-29-27(33)21-12-14-24(15-13-21)30(34)35/h3-6,8-15,18H,1-2,7,16-17H2,(H,29,33)(H,31,32)/b25-6+. The first-order valence-electron chi connectivity index (χ1n) is 11.1. The average molecular weight is 477 g/mol. The minimum atomic E-state index is -0.851. The minimum Gasteiger partial charge on any atom is -0.481 e. The van der Waals surface area contributed by atoms with Gasteiger partial charge in [-0.05, 0) is 65.8 Å². The van der Waals surface area contributed by atoms with E-state index in [9.17, 15) is 24.1 Å². The van der Waals surface area contributed by atoms with Gasteiger partial charge in [0.2, 0.25) is 0 Å². The van der Waals surface area contributed by atoms with Crippen molar-refractivity contribution in [2.45, 2.75) is 25.7 Å². The number of benzene rings is 3. The summed E-state index contributed by atoms with van der Waals surface area (Å²) in [6, 6.07) is 19.4. The predicted molar refractivity (Wildman–Crippen MR) is 131 cm³/mol. The monoisotopic (exact) mass is 476 g/mol. The largest absolute Gasteiger partial charge is 0.481 e. The Morgan fingerprint density at radius 3 is 2.29 bits per heavy atom. The Hall–Kier alpha value is -4.33. The highest BCUT2D eigenvalue weighted by molar-refractivity contribution is 5.94. The molecule has 0 radical (unpaired) electrons. The average Bonchev–Trinajstić information content (AvgIpc) is 2.84. The number of carboxylic acid groups (broad SMARTS) is 1. The van der Waals surface area contributed by atoms with Gasteiger partial charge in [0.15, 0.2) is 0 Å². The molecule has 8 heteroatoms. The van der Waals surface area contributed by atoms with Crippen LogP contribution in [0.1, 0.15) is 46.3 Å². The number of rotatable bonds is 11. The van der Waals surface area contributed by atoms with Crippen molar-refractivity contribution in [1.29, 1.82) is 0 Å². The third-order valence-electron chi connectivity index (χ3n) is 5.38. The van der Waals surface area contributed by atoms with Crippen LogP contribution < -0.4 is 5.32 Å². The van der Waals surface area contributed by atoms with E-state index in [0.717, 1.165) is 16.7 Å². The van der Waals surface area contributed by atoms with Crippen molar-refractivity contribution in [1.82, 2.24) is 5.32 Å². The molecule has 0 aliphatic heterocycles. The second kappa shape index (κ2) is 12.2. The molecule has 3 aromatic rings. The molecule has 0 heterocycles. The summed E-state index contributed by atoms with van der Waals surface area (Å²) in [5.41, 5.74) is 3.68. The van der Waals surface area contributed by atoms with Gasteiger partial charge in [-0.2, -0.15) is 0 Å². The van der Waals surface area contributed by atoms with E-state index in [1.54, 1.807) is 6.07 Å². The van der Waals surface area contributed by atoms with Gasteiger partial charge in [0.25, 0.3) is 11.6 Å². The number of nitro benzene ring substituents is 1. The van der Waals surface area contributed by atoms with Crippen molar-refractivity contribution in [3.63, 3.8) is 0 Å². The number of carbonyl (C=O) groups excluding carboxylic acids is 1. The highest BCUT2D eigenvalue weighted by Gasteiger charge is 2.10. The number of hydrogen-bond donors (Lipinski definition) is 2. The van der Waals surface area contributed by atoms with Crippen molar-refractivity contribution in [2.75, 3.05) is 6.54 Å². The van der Waals surface area contributed by atoms with Gasteiger partial charge < -0.3 is 10.4 Å². The lowest BCUT2D eigenvalue weighted by atomic mass is 9.95. The number of non-ortho nitro benzene ring substituents is 1. The lowest BCUT2D eigenvalue weighted by molar-refractivity contribution is -0.384. The fourth-order valence-electron chi connectivity index (χ4n) is 3.57. The zero-order valence-corrected chi connectivity index (χ0v) is 18.9. The second-order valence-electron chi connectivity index (χ2n) is 7.92. The summed E-state index contributed by atoms with van der Waals surface area (Å²) in [5, 5.41) is 22.4. The molecule has 180 valence electrons. The molecule has 0 aliphatic rings. The van der Waals surface area contributed by atoms with Crippen molar-refractivity contribution in [3.8, 4) is 0 Å². The van der Waals surface area contributed by atoms with Gasteiger partial charge in [0, 0.05) is 30.7 Å². The van der Waals surface area contributed by atoms with E-state index in [1.807, 2.05) is 36.4 Å². The number of nitrogens with zero attached hydrogens (tertiary/aromatic N) is 1. The van der Waals surface area contributed by atoms with Gasteiger partial charge in [-0.15, -0.1) is 0 Å². The van der Waals surface area contributed by atoms with Crippen LogP contribution in [-0.2, 0) is 11.2 Å². The SMILES string of the molecule is O=C(O)CCC/C=C(\c1ccc(CCNC(=O)c2ccc([N+](=O)[O-])cc2)cc1)c1cccc(F)c1. The molecule has 35 heavy (non-hydrogen) atoms. The Balaban J connectivity index is 1.63. The zero-order chi connectivity index (χ0) is 25.2. The quantitative estimate of drug-likeness (QED) is 0.219. The third-order valence-corrected chi connectivity index (χ3v) is 5.38. The van der Waals surface area contributed by atoms with Gasteiger partial charge in [-0.3, -0.25) is 19.7 Å². The van der Waals surface area contributed by atoms with E-state index in [0.29, 0.717) is 36.9 Å². The first kappa shape index (κ1) is 25.3. The highest BCUT2D eigenvalue weighted by Crippen LogP contribution is 2.26. The highest BCUT2D eigenvalue weighted by atomic mass is 19.1. The van der Waals surface area contributed by atoms with Crippen LogP contribution in [0.2, 0.25) is 0 Å². The van der Waals surface area contributed by atoms with E-state index in [-0.39, 0.29) is 23.8 Å². The Labute approximate surface area is 202 Å². The third kappa shape index (κ3) is 7.60. The Bertz CT molecular complexity index is 1220. The lowest BCUT2D eigenvalue weighted by Gasteiger charge is -2.11. The topological polar surface area (TPSA) is 110 Å². The molecule has 3 rings (SSSR count). The molecule has 0 aliphatic carbocycles. The molecule has 1 amide bonds. The van der Waals surface area contributed by atoms with E-state index in [2.05, 4.69) is 5.32 Å². The van der Waals surface area contributed by atoms with Crippen molar-refractivity contribution in [3.05, 3.63) is 117 Å². The van der Waals surface area contributed by atoms with Gasteiger partial charge in [-0.1, -0.05) is 42.5 Å². The molecular formula is C27H25FN2O5. The van der Waals surface area contributed by atoms with Crippen LogP contribution in [0.15, 0.2) is 78.9 Å². The van der Waals surface area contributed by atoms with E-state index < -0.39 is 10.9 Å². The van der Waals surface area contributed by atoms with E-state index in [4.69, 9.17) is 5.11 Å². The maximum Gasteiger partial charge on any atom is 0.303 e. The van der Waals surface area contributed by atoms with Crippen LogP contribution in [0.4, 0.5) is 10.1 Å². The number of carbonyl (C=O) groups is 2. The van der Waals surface area contributed by atoms with Crippen LogP contribution >= 0.6 is 0 Å². The molecule has 3 aromatic carbocycles. The molecule has 0 atom stereocenters. The smallest absolute Gasteiger partial charge is 0.303 e. The zero-order valence-electron chi connectivity index (χ0n) is 18.9. The van der Waals surface area contributed by atoms with Crippen LogP contribution in [0.25, 0.3) is 5.57 Å². The van der Waals surface area contributed by atoms with Crippen molar-refractivity contribution >= 4 is 23.1 Å². The molecule has 2 N–H and O–H groups in total. The summed E-state index contributed by atoms with van der Waals surface area (Å²) in [4.78, 5) is 33.3. The molecule has 0 aromatic heterocycles. The fourth-order valence-corrected chi connectivity index (χ4v) is 3.57. The predicted octanol–water partition coefficient (Wildman–Crippen LogP) is 5.39. The second-order valence-corrected chi connectivity index (χ2v) is 7.92. The van der Waals surface area contributed by atoms with Crippen molar-refractivity contribution < 1.29 is 24.0 Å². The summed E-state index contributed by atoms with van der Waals surface area (Å²) in [6.45, 7) is 0.386. The van der Waals surface area contributed by atoms with Gasteiger partial charge >= 0.3 is 5.97 Å². The summed E-state index contributed by atoms with van der Waals surface area (Å²) in [5.74, 6) is -1.51. The van der Waals surface area contributed by atoms with Gasteiger partial charge in [0.1, 0.15) is 5.82 Å². The summed E-state index contributed by atoms with van der Waals surface area (Å²) in [7, 11) is 0. The first-order chi connectivity index (χ1) is 16.8. The number of aliphatic carboxylic acids is 1. The van der Waals surface area contributed by atoms with Crippen molar-refractivity contribution in [2.24, 2.45) is 0 Å². The fraction of sp³-hybridized carbons (Fsp3) is 0.185. The number of amides is 1. The van der Waals surface area contributed by atoms with Gasteiger partial charge in [-0.25, -0.2) is 4.39 Å².